The Hall–Kier alpha value is -4.70. The Morgan fingerprint density at radius 2 is 1.59 bits per heavy atom. The molecule has 198 valence electrons. The maximum absolute atomic E-state index is 13.0. The number of benzene rings is 3. The Bertz CT molecular complexity index is 1660. The molecule has 0 radical (unpaired) electrons. The Balaban J connectivity index is 1.40. The Labute approximate surface area is 227 Å². The highest BCUT2D eigenvalue weighted by Crippen LogP contribution is 2.21. The number of aromatic nitrogens is 4. The van der Waals surface area contributed by atoms with Crippen LogP contribution in [-0.4, -0.2) is 33.8 Å². The molecule has 0 aliphatic heterocycles. The van der Waals surface area contributed by atoms with Crippen LogP contribution in [0.3, 0.4) is 0 Å². The van der Waals surface area contributed by atoms with Crippen LogP contribution in [0.5, 0.6) is 0 Å². The van der Waals surface area contributed by atoms with E-state index in [0.717, 1.165) is 16.8 Å². The molecule has 3 aromatic carbocycles. The van der Waals surface area contributed by atoms with Crippen molar-refractivity contribution in [3.8, 4) is 5.69 Å². The first-order chi connectivity index (χ1) is 18.9. The SMILES string of the molecule is Cc1ccccc1S(=O)(=O)NC(=O)NC(Cc1ccccc1)c1nccn1-c1cnn(Cc2ccccc2)c1. The van der Waals surface area contributed by atoms with Crippen molar-refractivity contribution in [3.05, 3.63) is 132 Å². The van der Waals surface area contributed by atoms with Crippen LogP contribution in [0.4, 0.5) is 4.79 Å². The Morgan fingerprint density at radius 1 is 0.923 bits per heavy atom. The summed E-state index contributed by atoms with van der Waals surface area (Å²) in [6.45, 7) is 2.29. The standard InChI is InChI=1S/C29H28N6O3S/c1-22-10-8-9-15-27(22)39(37,38)33-29(36)32-26(18-23-11-4-2-5-12-23)28-30-16-17-35(28)25-19-31-34(21-25)20-24-13-6-3-7-14-24/h2-17,19,21,26H,18,20H2,1H3,(H2,32,33,36). The average molecular weight is 541 g/mol. The molecule has 39 heavy (non-hydrogen) atoms. The van der Waals surface area contributed by atoms with E-state index < -0.39 is 22.1 Å². The number of urea groups is 1. The second-order valence-electron chi connectivity index (χ2n) is 9.12. The van der Waals surface area contributed by atoms with Crippen molar-refractivity contribution >= 4 is 16.1 Å². The highest BCUT2D eigenvalue weighted by molar-refractivity contribution is 7.90. The van der Waals surface area contributed by atoms with Gasteiger partial charge in [-0.15, -0.1) is 0 Å². The fraction of sp³-hybridized carbons (Fsp3) is 0.138. The van der Waals surface area contributed by atoms with Crippen molar-refractivity contribution in [1.82, 2.24) is 29.4 Å². The summed E-state index contributed by atoms with van der Waals surface area (Å²) in [4.78, 5) is 17.6. The molecule has 2 heterocycles. The number of sulfonamides is 1. The van der Waals surface area contributed by atoms with Gasteiger partial charge in [-0.1, -0.05) is 78.9 Å². The molecule has 2 N–H and O–H groups in total. The number of hydrogen-bond acceptors (Lipinski definition) is 5. The summed E-state index contributed by atoms with van der Waals surface area (Å²) in [6, 6.07) is 24.7. The van der Waals surface area contributed by atoms with Crippen LogP contribution >= 0.6 is 0 Å². The zero-order valence-corrected chi connectivity index (χ0v) is 22.1. The number of hydrogen-bond donors (Lipinski definition) is 2. The van der Waals surface area contributed by atoms with Gasteiger partial charge in [0.1, 0.15) is 5.82 Å². The summed E-state index contributed by atoms with van der Waals surface area (Å²) < 4.78 is 31.7. The lowest BCUT2D eigenvalue weighted by atomic mass is 10.1. The van der Waals surface area contributed by atoms with E-state index in [1.54, 1.807) is 43.7 Å². The second kappa shape index (κ2) is 11.4. The first-order valence-corrected chi connectivity index (χ1v) is 13.9. The van der Waals surface area contributed by atoms with Crippen LogP contribution in [0.25, 0.3) is 5.69 Å². The molecule has 0 saturated carbocycles. The lowest BCUT2D eigenvalue weighted by Gasteiger charge is -2.20. The van der Waals surface area contributed by atoms with E-state index >= 15 is 0 Å². The van der Waals surface area contributed by atoms with E-state index in [1.807, 2.05) is 76.1 Å². The van der Waals surface area contributed by atoms with Gasteiger partial charge in [-0.25, -0.2) is 22.9 Å². The maximum Gasteiger partial charge on any atom is 0.329 e. The summed E-state index contributed by atoms with van der Waals surface area (Å²) in [5.41, 5.74) is 3.39. The monoisotopic (exact) mass is 540 g/mol. The lowest BCUT2D eigenvalue weighted by Crippen LogP contribution is -2.42. The van der Waals surface area contributed by atoms with Gasteiger partial charge in [0.15, 0.2) is 0 Å². The number of nitrogens with one attached hydrogen (secondary N) is 2. The van der Waals surface area contributed by atoms with Crippen molar-refractivity contribution in [2.24, 2.45) is 0 Å². The largest absolute Gasteiger partial charge is 0.329 e. The number of amides is 2. The van der Waals surface area contributed by atoms with Gasteiger partial charge in [0.25, 0.3) is 10.0 Å². The molecule has 0 aliphatic carbocycles. The van der Waals surface area contributed by atoms with Gasteiger partial charge in [0, 0.05) is 18.6 Å². The number of carbonyl (C=O) groups excluding carboxylic acids is 1. The predicted molar refractivity (Wildman–Crippen MR) is 148 cm³/mol. The van der Waals surface area contributed by atoms with Gasteiger partial charge in [-0.2, -0.15) is 5.10 Å². The van der Waals surface area contributed by atoms with Gasteiger partial charge >= 0.3 is 6.03 Å². The number of rotatable bonds is 9. The topological polar surface area (TPSA) is 111 Å². The third kappa shape index (κ3) is 6.24. The molecule has 2 aromatic heterocycles. The fourth-order valence-corrected chi connectivity index (χ4v) is 5.57. The minimum atomic E-state index is -4.07. The second-order valence-corrected chi connectivity index (χ2v) is 10.8. The molecule has 1 unspecified atom stereocenters. The molecule has 0 spiro atoms. The summed E-state index contributed by atoms with van der Waals surface area (Å²) in [6.07, 6.45) is 7.47. The van der Waals surface area contributed by atoms with Crippen LogP contribution in [0.2, 0.25) is 0 Å². The first-order valence-electron chi connectivity index (χ1n) is 12.4. The van der Waals surface area contributed by atoms with Gasteiger partial charge in [-0.3, -0.25) is 9.25 Å². The molecular formula is C29H28N6O3S. The molecule has 5 aromatic rings. The van der Waals surface area contributed by atoms with Crippen molar-refractivity contribution in [2.75, 3.05) is 0 Å². The molecule has 5 rings (SSSR count). The highest BCUT2D eigenvalue weighted by atomic mass is 32.2. The van der Waals surface area contributed by atoms with E-state index in [9.17, 15) is 13.2 Å². The number of carbonyl (C=O) groups is 1. The van der Waals surface area contributed by atoms with Crippen LogP contribution in [0.15, 0.2) is 115 Å². The fourth-order valence-electron chi connectivity index (χ4n) is 4.40. The molecule has 2 amide bonds. The zero-order valence-electron chi connectivity index (χ0n) is 21.3. The van der Waals surface area contributed by atoms with E-state index in [-0.39, 0.29) is 4.90 Å². The summed E-state index contributed by atoms with van der Waals surface area (Å²) in [5, 5.41) is 7.32. The highest BCUT2D eigenvalue weighted by Gasteiger charge is 2.25. The molecule has 0 saturated heterocycles. The number of aryl methyl sites for hydroxylation is 1. The normalized spacial score (nSPS) is 12.1. The molecule has 1 atom stereocenters. The predicted octanol–water partition coefficient (Wildman–Crippen LogP) is 4.40. The smallest absolute Gasteiger partial charge is 0.327 e. The molecule has 0 fully saturated rings. The first kappa shape index (κ1) is 25.9. The minimum Gasteiger partial charge on any atom is -0.327 e. The van der Waals surface area contributed by atoms with Gasteiger partial charge < -0.3 is 5.32 Å². The van der Waals surface area contributed by atoms with E-state index in [0.29, 0.717) is 24.4 Å². The van der Waals surface area contributed by atoms with Gasteiger partial charge in [0.2, 0.25) is 0 Å². The van der Waals surface area contributed by atoms with E-state index in [2.05, 4.69) is 20.1 Å². The van der Waals surface area contributed by atoms with E-state index in [1.165, 1.54) is 6.07 Å². The Morgan fingerprint density at radius 3 is 2.31 bits per heavy atom. The van der Waals surface area contributed by atoms with Crippen LogP contribution in [0, 0.1) is 6.92 Å². The van der Waals surface area contributed by atoms with Gasteiger partial charge in [-0.05, 0) is 36.1 Å². The van der Waals surface area contributed by atoms with Crippen molar-refractivity contribution in [1.29, 1.82) is 0 Å². The summed E-state index contributed by atoms with van der Waals surface area (Å²) in [5.74, 6) is 0.543. The maximum atomic E-state index is 13.0. The lowest BCUT2D eigenvalue weighted by molar-refractivity contribution is 0.241. The van der Waals surface area contributed by atoms with Gasteiger partial charge in [0.05, 0.1) is 29.4 Å². The zero-order chi connectivity index (χ0) is 27.2. The summed E-state index contributed by atoms with van der Waals surface area (Å²) in [7, 11) is -4.07. The minimum absolute atomic E-state index is 0.0482. The third-order valence-electron chi connectivity index (χ3n) is 6.26. The number of nitrogens with zero attached hydrogens (tertiary/aromatic N) is 4. The molecule has 0 aliphatic rings. The van der Waals surface area contributed by atoms with Crippen LogP contribution in [-0.2, 0) is 23.0 Å². The molecule has 0 bridgehead atoms. The number of imidazole rings is 1. The van der Waals surface area contributed by atoms with E-state index in [4.69, 9.17) is 0 Å². The van der Waals surface area contributed by atoms with Crippen LogP contribution < -0.4 is 10.0 Å². The van der Waals surface area contributed by atoms with Crippen molar-refractivity contribution in [2.45, 2.75) is 30.8 Å². The molecule has 9 nitrogen and oxygen atoms in total. The quantitative estimate of drug-likeness (QED) is 0.288. The third-order valence-corrected chi connectivity index (χ3v) is 7.76. The molecular weight excluding hydrogens is 512 g/mol. The molecule has 10 heteroatoms. The van der Waals surface area contributed by atoms with Crippen molar-refractivity contribution < 1.29 is 13.2 Å². The average Bonchev–Trinajstić information content (AvgIpc) is 3.59. The summed E-state index contributed by atoms with van der Waals surface area (Å²) >= 11 is 0. The Kier molecular flexibility index (Phi) is 7.55. The van der Waals surface area contributed by atoms with Crippen LogP contribution in [0.1, 0.15) is 28.6 Å². The van der Waals surface area contributed by atoms with Crippen molar-refractivity contribution in [3.63, 3.8) is 0 Å².